The molecule has 0 aliphatic rings. The van der Waals surface area contributed by atoms with Crippen molar-refractivity contribution in [1.82, 2.24) is 9.97 Å². The monoisotopic (exact) mass is 318 g/mol. The summed E-state index contributed by atoms with van der Waals surface area (Å²) in [4.78, 5) is 8.58. The minimum absolute atomic E-state index is 0.543. The van der Waals surface area contributed by atoms with Gasteiger partial charge in [0.25, 0.3) is 0 Å². The maximum atomic E-state index is 5.94. The maximum Gasteiger partial charge on any atom is 0.224 e. The highest BCUT2D eigenvalue weighted by Crippen LogP contribution is 2.30. The fraction of sp³-hybridized carbons (Fsp3) is 0.0526. The zero-order valence-electron chi connectivity index (χ0n) is 13.1. The third-order valence-corrected chi connectivity index (χ3v) is 3.18. The van der Waals surface area contributed by atoms with Crippen molar-refractivity contribution in [3.63, 3.8) is 0 Å². The van der Waals surface area contributed by atoms with Gasteiger partial charge in [-0.1, -0.05) is 36.4 Å². The minimum Gasteiger partial charge on any atom is -0.455 e. The Morgan fingerprint density at radius 1 is 1.00 bits per heavy atom. The van der Waals surface area contributed by atoms with Crippen molar-refractivity contribution in [2.75, 3.05) is 17.2 Å². The second kappa shape index (κ2) is 7.78. The molecule has 2 aromatic carbocycles. The molecule has 5 heteroatoms. The van der Waals surface area contributed by atoms with Crippen LogP contribution in [0.4, 0.5) is 17.5 Å². The number of hydrogen-bond acceptors (Lipinski definition) is 5. The topological polar surface area (TPSA) is 59.1 Å². The average molecular weight is 318 g/mol. The molecule has 1 heterocycles. The van der Waals surface area contributed by atoms with Crippen LogP contribution in [0, 0.1) is 0 Å². The van der Waals surface area contributed by atoms with Gasteiger partial charge in [-0.15, -0.1) is 6.58 Å². The Kier molecular flexibility index (Phi) is 5.04. The van der Waals surface area contributed by atoms with Gasteiger partial charge in [0, 0.05) is 12.7 Å². The number of para-hydroxylation sites is 3. The molecule has 0 unspecified atom stereocenters. The van der Waals surface area contributed by atoms with Crippen LogP contribution in [0.1, 0.15) is 0 Å². The molecule has 0 spiro atoms. The first-order valence-electron chi connectivity index (χ1n) is 7.62. The standard InChI is InChI=1S/C19H18N4O/c1-2-13-20-19-21-14-12-18(23-19)22-16-10-6-7-11-17(16)24-15-8-4-3-5-9-15/h2-12,14H,1,13H2,(H2,20,21,22,23). The first kappa shape index (κ1) is 15.6. The number of aromatic nitrogens is 2. The van der Waals surface area contributed by atoms with Crippen molar-refractivity contribution in [3.8, 4) is 11.5 Å². The van der Waals surface area contributed by atoms with Crippen LogP contribution >= 0.6 is 0 Å². The largest absolute Gasteiger partial charge is 0.455 e. The molecule has 5 nitrogen and oxygen atoms in total. The molecule has 24 heavy (non-hydrogen) atoms. The normalized spacial score (nSPS) is 10.0. The number of nitrogens with zero attached hydrogens (tertiary/aromatic N) is 2. The van der Waals surface area contributed by atoms with Crippen LogP contribution in [0.2, 0.25) is 0 Å². The van der Waals surface area contributed by atoms with E-state index in [0.717, 1.165) is 17.2 Å². The van der Waals surface area contributed by atoms with E-state index < -0.39 is 0 Å². The Morgan fingerprint density at radius 3 is 2.62 bits per heavy atom. The van der Waals surface area contributed by atoms with E-state index >= 15 is 0 Å². The molecule has 0 fully saturated rings. The van der Waals surface area contributed by atoms with Gasteiger partial charge in [0.1, 0.15) is 11.6 Å². The van der Waals surface area contributed by atoms with E-state index in [-0.39, 0.29) is 0 Å². The molecule has 3 aromatic rings. The highest BCUT2D eigenvalue weighted by atomic mass is 16.5. The Hall–Kier alpha value is -3.34. The summed E-state index contributed by atoms with van der Waals surface area (Å²) in [6.07, 6.45) is 3.45. The summed E-state index contributed by atoms with van der Waals surface area (Å²) in [6, 6.07) is 19.2. The summed E-state index contributed by atoms with van der Waals surface area (Å²) in [6.45, 7) is 4.28. The fourth-order valence-corrected chi connectivity index (χ4v) is 2.09. The summed E-state index contributed by atoms with van der Waals surface area (Å²) in [5, 5.41) is 6.33. The van der Waals surface area contributed by atoms with Crippen molar-refractivity contribution in [3.05, 3.63) is 79.5 Å². The van der Waals surface area contributed by atoms with E-state index in [4.69, 9.17) is 4.74 Å². The molecule has 0 bridgehead atoms. The van der Waals surface area contributed by atoms with Crippen LogP contribution in [0.25, 0.3) is 0 Å². The molecule has 3 rings (SSSR count). The van der Waals surface area contributed by atoms with Crippen LogP contribution in [0.5, 0.6) is 11.5 Å². The number of rotatable bonds is 7. The number of ether oxygens (including phenoxy) is 1. The van der Waals surface area contributed by atoms with Gasteiger partial charge in [0.05, 0.1) is 5.69 Å². The van der Waals surface area contributed by atoms with Gasteiger partial charge in [0.15, 0.2) is 5.75 Å². The SMILES string of the molecule is C=CCNc1nccc(Nc2ccccc2Oc2ccccc2)n1. The molecule has 120 valence electrons. The highest BCUT2D eigenvalue weighted by Gasteiger charge is 2.06. The lowest BCUT2D eigenvalue weighted by molar-refractivity contribution is 0.485. The minimum atomic E-state index is 0.543. The number of hydrogen-bond donors (Lipinski definition) is 2. The van der Waals surface area contributed by atoms with Crippen LogP contribution in [0.15, 0.2) is 79.5 Å². The Morgan fingerprint density at radius 2 is 1.79 bits per heavy atom. The Labute approximate surface area is 141 Å². The van der Waals surface area contributed by atoms with Gasteiger partial charge in [-0.25, -0.2) is 4.98 Å². The zero-order chi connectivity index (χ0) is 16.6. The lowest BCUT2D eigenvalue weighted by atomic mass is 10.3. The first-order chi connectivity index (χ1) is 11.8. The third-order valence-electron chi connectivity index (χ3n) is 3.18. The molecular weight excluding hydrogens is 300 g/mol. The molecule has 0 radical (unpaired) electrons. The van der Waals surface area contributed by atoms with Gasteiger partial charge in [0.2, 0.25) is 5.95 Å². The van der Waals surface area contributed by atoms with Gasteiger partial charge in [-0.05, 0) is 30.3 Å². The number of anilines is 3. The Balaban J connectivity index is 1.79. The average Bonchev–Trinajstić information content (AvgIpc) is 2.63. The molecule has 0 aliphatic heterocycles. The third kappa shape index (κ3) is 4.10. The smallest absolute Gasteiger partial charge is 0.224 e. The van der Waals surface area contributed by atoms with E-state index in [1.54, 1.807) is 18.3 Å². The summed E-state index contributed by atoms with van der Waals surface area (Å²) in [7, 11) is 0. The van der Waals surface area contributed by atoms with E-state index in [2.05, 4.69) is 27.2 Å². The maximum absolute atomic E-state index is 5.94. The molecule has 0 amide bonds. The van der Waals surface area contributed by atoms with E-state index in [0.29, 0.717) is 18.3 Å². The lowest BCUT2D eigenvalue weighted by Gasteiger charge is -2.13. The molecule has 2 N–H and O–H groups in total. The molecular formula is C19H18N4O. The number of benzene rings is 2. The fourth-order valence-electron chi connectivity index (χ4n) is 2.09. The van der Waals surface area contributed by atoms with Crippen molar-refractivity contribution in [2.24, 2.45) is 0 Å². The van der Waals surface area contributed by atoms with Crippen LogP contribution in [0.3, 0.4) is 0 Å². The van der Waals surface area contributed by atoms with Crippen molar-refractivity contribution in [1.29, 1.82) is 0 Å². The van der Waals surface area contributed by atoms with Crippen LogP contribution < -0.4 is 15.4 Å². The van der Waals surface area contributed by atoms with Crippen molar-refractivity contribution in [2.45, 2.75) is 0 Å². The summed E-state index contributed by atoms with van der Waals surface area (Å²) < 4.78 is 5.94. The molecule has 0 aliphatic carbocycles. The van der Waals surface area contributed by atoms with Crippen LogP contribution in [-0.2, 0) is 0 Å². The molecule has 0 saturated heterocycles. The second-order valence-electron chi connectivity index (χ2n) is 4.97. The quantitative estimate of drug-likeness (QED) is 0.623. The van der Waals surface area contributed by atoms with Gasteiger partial charge in [-0.2, -0.15) is 4.98 Å². The van der Waals surface area contributed by atoms with E-state index in [1.165, 1.54) is 0 Å². The lowest BCUT2D eigenvalue weighted by Crippen LogP contribution is -2.04. The molecule has 0 atom stereocenters. The second-order valence-corrected chi connectivity index (χ2v) is 4.97. The Bertz CT molecular complexity index is 805. The van der Waals surface area contributed by atoms with Gasteiger partial charge in [-0.3, -0.25) is 0 Å². The molecule has 0 saturated carbocycles. The predicted octanol–water partition coefficient (Wildman–Crippen LogP) is 4.61. The summed E-state index contributed by atoms with van der Waals surface area (Å²) in [5.74, 6) is 2.73. The van der Waals surface area contributed by atoms with Gasteiger partial charge >= 0.3 is 0 Å². The first-order valence-corrected chi connectivity index (χ1v) is 7.62. The summed E-state index contributed by atoms with van der Waals surface area (Å²) >= 11 is 0. The molecule has 1 aromatic heterocycles. The predicted molar refractivity (Wildman–Crippen MR) is 97.0 cm³/mol. The van der Waals surface area contributed by atoms with E-state index in [9.17, 15) is 0 Å². The van der Waals surface area contributed by atoms with Crippen LogP contribution in [-0.4, -0.2) is 16.5 Å². The number of nitrogens with one attached hydrogen (secondary N) is 2. The highest BCUT2D eigenvalue weighted by molar-refractivity contribution is 5.65. The van der Waals surface area contributed by atoms with E-state index in [1.807, 2.05) is 54.6 Å². The summed E-state index contributed by atoms with van der Waals surface area (Å²) in [5.41, 5.74) is 0.828. The van der Waals surface area contributed by atoms with Crippen molar-refractivity contribution >= 4 is 17.5 Å². The zero-order valence-corrected chi connectivity index (χ0v) is 13.1. The van der Waals surface area contributed by atoms with Crippen molar-refractivity contribution < 1.29 is 4.74 Å². The van der Waals surface area contributed by atoms with Gasteiger partial charge < -0.3 is 15.4 Å².